The van der Waals surface area contributed by atoms with Gasteiger partial charge in [0.05, 0.1) is 37.2 Å². The van der Waals surface area contributed by atoms with E-state index in [9.17, 15) is 14.9 Å². The van der Waals surface area contributed by atoms with Gasteiger partial charge in [0.1, 0.15) is 5.56 Å². The van der Waals surface area contributed by atoms with E-state index in [-0.39, 0.29) is 17.9 Å². The van der Waals surface area contributed by atoms with Crippen LogP contribution in [0.25, 0.3) is 16.8 Å². The van der Waals surface area contributed by atoms with Crippen LogP contribution in [-0.2, 0) is 11.3 Å². The predicted molar refractivity (Wildman–Crippen MR) is 122 cm³/mol. The van der Waals surface area contributed by atoms with E-state index in [4.69, 9.17) is 9.47 Å². The summed E-state index contributed by atoms with van der Waals surface area (Å²) in [6.07, 6.45) is 2.92. The van der Waals surface area contributed by atoms with Gasteiger partial charge >= 0.3 is 11.5 Å². The fourth-order valence-corrected chi connectivity index (χ4v) is 3.68. The van der Waals surface area contributed by atoms with E-state index >= 15 is 0 Å². The smallest absolute Gasteiger partial charge is 0.343 e. The maximum Gasteiger partial charge on any atom is 0.343 e. The number of fused-ring (bicyclic) bond motifs is 1. The number of hydrogen-bond acceptors (Lipinski definition) is 6. The molecule has 0 aliphatic rings. The van der Waals surface area contributed by atoms with Gasteiger partial charge in [-0.3, -0.25) is 4.79 Å². The molecule has 2 aromatic heterocycles. The third kappa shape index (κ3) is 4.21. The quantitative estimate of drug-likeness (QED) is 0.405. The minimum atomic E-state index is -0.548. The first-order valence-corrected chi connectivity index (χ1v) is 10.6. The van der Waals surface area contributed by atoms with Crippen molar-refractivity contribution in [2.24, 2.45) is 0 Å². The zero-order valence-electron chi connectivity index (χ0n) is 18.3. The Kier molecular flexibility index (Phi) is 6.22. The molecule has 0 amide bonds. The van der Waals surface area contributed by atoms with Crippen LogP contribution < -0.4 is 10.3 Å². The molecule has 0 aliphatic heterocycles. The van der Waals surface area contributed by atoms with Gasteiger partial charge in [0, 0.05) is 6.54 Å². The highest BCUT2D eigenvalue weighted by Crippen LogP contribution is 2.24. The molecule has 2 heterocycles. The molecule has 33 heavy (non-hydrogen) atoms. The van der Waals surface area contributed by atoms with Crippen LogP contribution in [0.15, 0.2) is 65.7 Å². The number of hydrogen-bond donors (Lipinski definition) is 0. The van der Waals surface area contributed by atoms with Crippen LogP contribution in [-0.4, -0.2) is 33.4 Å². The van der Waals surface area contributed by atoms with Gasteiger partial charge < -0.3 is 14.0 Å². The van der Waals surface area contributed by atoms with Crippen LogP contribution in [0.2, 0.25) is 0 Å². The molecular formula is C25H22N4O4. The molecule has 166 valence electrons. The van der Waals surface area contributed by atoms with Gasteiger partial charge in [0.15, 0.2) is 5.65 Å². The number of carbonyl (C=O) groups is 1. The van der Waals surface area contributed by atoms with E-state index in [0.717, 1.165) is 21.2 Å². The first-order chi connectivity index (χ1) is 16.1. The van der Waals surface area contributed by atoms with Crippen molar-refractivity contribution < 1.29 is 14.3 Å². The largest absolute Gasteiger partial charge is 0.487 e. The van der Waals surface area contributed by atoms with Gasteiger partial charge in [-0.2, -0.15) is 14.9 Å². The molecule has 8 nitrogen and oxygen atoms in total. The van der Waals surface area contributed by atoms with Crippen LogP contribution in [0.4, 0.5) is 0 Å². The fraction of sp³-hybridized carbons (Fsp3) is 0.200. The number of nitriles is 1. The normalized spacial score (nSPS) is 10.7. The number of ether oxygens (including phenoxy) is 2. The summed E-state index contributed by atoms with van der Waals surface area (Å²) in [6.45, 7) is 4.40. The number of nitrogens with zero attached hydrogens (tertiary/aromatic N) is 4. The topological polar surface area (TPSA) is 98.6 Å². The molecule has 0 unspecified atom stereocenters. The first-order valence-electron chi connectivity index (χ1n) is 10.6. The minimum absolute atomic E-state index is 0.142. The Hall–Kier alpha value is -4.38. The van der Waals surface area contributed by atoms with Crippen LogP contribution in [0.5, 0.6) is 5.75 Å². The second kappa shape index (κ2) is 9.40. The average Bonchev–Trinajstić information content (AvgIpc) is 3.29. The Labute approximate surface area is 190 Å². The van der Waals surface area contributed by atoms with E-state index < -0.39 is 11.5 Å². The molecule has 0 spiro atoms. The molecule has 0 aliphatic carbocycles. The van der Waals surface area contributed by atoms with Crippen molar-refractivity contribution >= 4 is 11.6 Å². The van der Waals surface area contributed by atoms with Crippen LogP contribution in [0, 0.1) is 11.3 Å². The molecule has 4 aromatic rings. The number of esters is 1. The van der Waals surface area contributed by atoms with Crippen molar-refractivity contribution in [2.75, 3.05) is 13.2 Å². The highest BCUT2D eigenvalue weighted by molar-refractivity contribution is 5.95. The summed E-state index contributed by atoms with van der Waals surface area (Å²) in [4.78, 5) is 25.2. The summed E-state index contributed by atoms with van der Waals surface area (Å²) in [6, 6.07) is 17.4. The Balaban J connectivity index is 1.77. The zero-order chi connectivity index (χ0) is 23.4. The number of rotatable bonds is 7. The lowest BCUT2D eigenvalue weighted by Crippen LogP contribution is -2.22. The van der Waals surface area contributed by atoms with Crippen molar-refractivity contribution in [3.05, 3.63) is 88.0 Å². The number of carbonyl (C=O) groups excluding carboxylic acids is 1. The molecule has 0 saturated heterocycles. The molecule has 8 heteroatoms. The number of benzene rings is 2. The third-order valence-electron chi connectivity index (χ3n) is 5.15. The maximum absolute atomic E-state index is 12.8. The second-order valence-electron chi connectivity index (χ2n) is 7.23. The van der Waals surface area contributed by atoms with E-state index in [1.165, 1.54) is 6.20 Å². The number of aromatic nitrogens is 3. The molecular weight excluding hydrogens is 420 g/mol. The molecule has 0 bridgehead atoms. The van der Waals surface area contributed by atoms with E-state index in [1.807, 2.05) is 42.5 Å². The van der Waals surface area contributed by atoms with Gasteiger partial charge in [-0.15, -0.1) is 0 Å². The summed E-state index contributed by atoms with van der Waals surface area (Å²) in [5.74, 6) is -0.406. The molecule has 0 N–H and O–H groups in total. The predicted octanol–water partition coefficient (Wildman–Crippen LogP) is 3.66. The lowest BCUT2D eigenvalue weighted by Gasteiger charge is -2.13. The lowest BCUT2D eigenvalue weighted by atomic mass is 9.99. The summed E-state index contributed by atoms with van der Waals surface area (Å²) in [7, 11) is 0. The van der Waals surface area contributed by atoms with Crippen molar-refractivity contribution in [1.29, 1.82) is 5.26 Å². The molecule has 2 aromatic carbocycles. The Morgan fingerprint density at radius 1 is 1.09 bits per heavy atom. The second-order valence-corrected chi connectivity index (χ2v) is 7.23. The summed E-state index contributed by atoms with van der Waals surface area (Å²) < 4.78 is 13.6. The third-order valence-corrected chi connectivity index (χ3v) is 5.15. The highest BCUT2D eigenvalue weighted by atomic mass is 16.5. The Bertz CT molecular complexity index is 1410. The maximum atomic E-state index is 12.8. The van der Waals surface area contributed by atoms with Gasteiger partial charge in [-0.1, -0.05) is 42.5 Å². The molecule has 0 saturated carbocycles. The summed E-state index contributed by atoms with van der Waals surface area (Å²) in [5.41, 5.74) is 3.41. The molecule has 0 radical (unpaired) electrons. The Morgan fingerprint density at radius 3 is 2.55 bits per heavy atom. The van der Waals surface area contributed by atoms with E-state index in [1.54, 1.807) is 30.7 Å². The van der Waals surface area contributed by atoms with Crippen LogP contribution >= 0.6 is 0 Å². The zero-order valence-corrected chi connectivity index (χ0v) is 18.3. The van der Waals surface area contributed by atoms with Gasteiger partial charge in [0.25, 0.3) is 0 Å². The summed E-state index contributed by atoms with van der Waals surface area (Å²) >= 11 is 0. The van der Waals surface area contributed by atoms with Crippen molar-refractivity contribution in [1.82, 2.24) is 14.2 Å². The SMILES string of the molecule is CCOC(=O)c1cnn2c(=O)c(OCC)cn(Cc3ccc(-c4ccccc4C#N)cc3)c12. The van der Waals surface area contributed by atoms with Gasteiger partial charge in [-0.25, -0.2) is 4.79 Å². The van der Waals surface area contributed by atoms with Crippen LogP contribution in [0.1, 0.15) is 35.3 Å². The van der Waals surface area contributed by atoms with Crippen molar-refractivity contribution in [2.45, 2.75) is 20.4 Å². The first kappa shape index (κ1) is 21.8. The van der Waals surface area contributed by atoms with Crippen LogP contribution in [0.3, 0.4) is 0 Å². The Morgan fingerprint density at radius 2 is 1.85 bits per heavy atom. The van der Waals surface area contributed by atoms with Crippen molar-refractivity contribution in [3.8, 4) is 22.9 Å². The van der Waals surface area contributed by atoms with E-state index in [0.29, 0.717) is 24.4 Å². The average molecular weight is 442 g/mol. The minimum Gasteiger partial charge on any atom is -0.487 e. The van der Waals surface area contributed by atoms with Gasteiger partial charge in [-0.05, 0) is 36.6 Å². The lowest BCUT2D eigenvalue weighted by molar-refractivity contribution is 0.0528. The van der Waals surface area contributed by atoms with E-state index in [2.05, 4.69) is 11.2 Å². The standard InChI is InChI=1S/C25H22N4O4/c1-3-32-22-16-28(23-21(25(31)33-4-2)14-27-29(23)24(22)30)15-17-9-11-18(12-10-17)20-8-6-5-7-19(20)13-26/h5-12,14,16H,3-4,15H2,1-2H3. The molecule has 0 fully saturated rings. The van der Waals surface area contributed by atoms with Crippen molar-refractivity contribution in [3.63, 3.8) is 0 Å². The highest BCUT2D eigenvalue weighted by Gasteiger charge is 2.20. The fourth-order valence-electron chi connectivity index (χ4n) is 3.68. The molecule has 0 atom stereocenters. The monoisotopic (exact) mass is 442 g/mol. The molecule has 4 rings (SSSR count). The summed E-state index contributed by atoms with van der Waals surface area (Å²) in [5, 5.41) is 13.5. The van der Waals surface area contributed by atoms with Gasteiger partial charge in [0.2, 0.25) is 5.75 Å².